The highest BCUT2D eigenvalue weighted by Gasteiger charge is 2.10. The Labute approximate surface area is 96.3 Å². The van der Waals surface area contributed by atoms with E-state index in [1.165, 1.54) is 0 Å². The van der Waals surface area contributed by atoms with Crippen LogP contribution in [0.5, 0.6) is 0 Å². The monoisotopic (exact) mass is 223 g/mol. The molecule has 1 aliphatic rings. The largest absolute Gasteiger partial charge is 0.354 e. The van der Waals surface area contributed by atoms with Crippen LogP contribution in [0.25, 0.3) is 0 Å². The fourth-order valence-electron chi connectivity index (χ4n) is 1.55. The van der Waals surface area contributed by atoms with Crippen LogP contribution >= 0.6 is 12.4 Å². The first kappa shape index (κ1) is 11.8. The van der Waals surface area contributed by atoms with Crippen molar-refractivity contribution in [3.05, 3.63) is 23.9 Å². The zero-order chi connectivity index (χ0) is 9.80. The highest BCUT2D eigenvalue weighted by atomic mass is 35.5. The molecule has 4 heteroatoms. The SMILES string of the molecule is C#Cc1ccc(N2CCNCC2)nc1.Cl. The van der Waals surface area contributed by atoms with Gasteiger partial charge in [-0.1, -0.05) is 5.92 Å². The lowest BCUT2D eigenvalue weighted by atomic mass is 10.3. The number of halogens is 1. The first-order valence-electron chi connectivity index (χ1n) is 4.78. The van der Waals surface area contributed by atoms with Gasteiger partial charge >= 0.3 is 0 Å². The summed E-state index contributed by atoms with van der Waals surface area (Å²) in [4.78, 5) is 6.59. The Morgan fingerprint density at radius 1 is 1.33 bits per heavy atom. The smallest absolute Gasteiger partial charge is 0.128 e. The van der Waals surface area contributed by atoms with Gasteiger partial charge in [-0.25, -0.2) is 4.98 Å². The molecular weight excluding hydrogens is 210 g/mol. The van der Waals surface area contributed by atoms with E-state index in [0.29, 0.717) is 0 Å². The van der Waals surface area contributed by atoms with E-state index in [-0.39, 0.29) is 12.4 Å². The maximum Gasteiger partial charge on any atom is 0.128 e. The van der Waals surface area contributed by atoms with Gasteiger partial charge in [0.05, 0.1) is 0 Å². The van der Waals surface area contributed by atoms with Crippen molar-refractivity contribution in [2.45, 2.75) is 0 Å². The van der Waals surface area contributed by atoms with Crippen LogP contribution in [0.3, 0.4) is 0 Å². The van der Waals surface area contributed by atoms with E-state index >= 15 is 0 Å². The molecule has 0 amide bonds. The Kier molecular flexibility index (Phi) is 4.41. The molecule has 1 aliphatic heterocycles. The van der Waals surface area contributed by atoms with Gasteiger partial charge in [0.25, 0.3) is 0 Å². The Balaban J connectivity index is 0.00000112. The van der Waals surface area contributed by atoms with E-state index in [0.717, 1.165) is 37.6 Å². The molecule has 0 unspecified atom stereocenters. The molecule has 0 aliphatic carbocycles. The average Bonchev–Trinajstić information content (AvgIpc) is 2.30. The van der Waals surface area contributed by atoms with Crippen molar-refractivity contribution in [1.82, 2.24) is 10.3 Å². The molecule has 1 aromatic heterocycles. The van der Waals surface area contributed by atoms with Gasteiger partial charge in [0.15, 0.2) is 0 Å². The second-order valence-electron chi connectivity index (χ2n) is 3.29. The molecule has 1 aromatic rings. The van der Waals surface area contributed by atoms with Gasteiger partial charge in [-0.3, -0.25) is 0 Å². The molecule has 2 heterocycles. The summed E-state index contributed by atoms with van der Waals surface area (Å²) in [5, 5.41) is 3.31. The lowest BCUT2D eigenvalue weighted by molar-refractivity contribution is 0.585. The van der Waals surface area contributed by atoms with Crippen LogP contribution < -0.4 is 10.2 Å². The van der Waals surface area contributed by atoms with Crippen LogP contribution in [-0.4, -0.2) is 31.2 Å². The summed E-state index contributed by atoms with van der Waals surface area (Å²) in [7, 11) is 0. The van der Waals surface area contributed by atoms with Crippen molar-refractivity contribution in [2.24, 2.45) is 0 Å². The number of nitrogens with one attached hydrogen (secondary N) is 1. The number of piperazine rings is 1. The Hall–Kier alpha value is -1.24. The van der Waals surface area contributed by atoms with Gasteiger partial charge in [0.2, 0.25) is 0 Å². The lowest BCUT2D eigenvalue weighted by Crippen LogP contribution is -2.43. The first-order valence-corrected chi connectivity index (χ1v) is 4.78. The third-order valence-corrected chi connectivity index (χ3v) is 2.36. The molecule has 1 N–H and O–H groups in total. The topological polar surface area (TPSA) is 28.2 Å². The molecule has 0 saturated carbocycles. The first-order chi connectivity index (χ1) is 6.90. The van der Waals surface area contributed by atoms with Crippen molar-refractivity contribution >= 4 is 18.2 Å². The molecule has 1 saturated heterocycles. The molecule has 0 radical (unpaired) electrons. The fourth-order valence-corrected chi connectivity index (χ4v) is 1.55. The van der Waals surface area contributed by atoms with Gasteiger partial charge in [-0.05, 0) is 12.1 Å². The predicted octanol–water partition coefficient (Wildman–Crippen LogP) is 0.894. The Bertz CT molecular complexity index is 336. The molecule has 0 atom stereocenters. The molecule has 3 nitrogen and oxygen atoms in total. The van der Waals surface area contributed by atoms with E-state index in [1.54, 1.807) is 6.20 Å². The maximum absolute atomic E-state index is 5.26. The number of terminal acetylenes is 1. The van der Waals surface area contributed by atoms with Gasteiger partial charge in [0, 0.05) is 37.9 Å². The number of aromatic nitrogens is 1. The van der Waals surface area contributed by atoms with Crippen molar-refractivity contribution in [3.63, 3.8) is 0 Å². The highest BCUT2D eigenvalue weighted by Crippen LogP contribution is 2.11. The lowest BCUT2D eigenvalue weighted by Gasteiger charge is -2.28. The summed E-state index contributed by atoms with van der Waals surface area (Å²) >= 11 is 0. The number of pyridine rings is 1. The third kappa shape index (κ3) is 2.85. The summed E-state index contributed by atoms with van der Waals surface area (Å²) in [5.41, 5.74) is 0.837. The van der Waals surface area contributed by atoms with Crippen LogP contribution in [-0.2, 0) is 0 Å². The number of hydrogen-bond acceptors (Lipinski definition) is 3. The Morgan fingerprint density at radius 3 is 2.60 bits per heavy atom. The molecule has 0 bridgehead atoms. The normalized spacial score (nSPS) is 15.3. The van der Waals surface area contributed by atoms with Gasteiger partial charge < -0.3 is 10.2 Å². The van der Waals surface area contributed by atoms with Crippen LogP contribution in [0.1, 0.15) is 5.56 Å². The van der Waals surface area contributed by atoms with Gasteiger partial charge in [-0.2, -0.15) is 0 Å². The van der Waals surface area contributed by atoms with E-state index < -0.39 is 0 Å². The molecular formula is C11H14ClN3. The second-order valence-corrected chi connectivity index (χ2v) is 3.29. The maximum atomic E-state index is 5.26. The van der Waals surface area contributed by atoms with Gasteiger partial charge in [-0.15, -0.1) is 18.8 Å². The minimum atomic E-state index is 0. The number of nitrogens with zero attached hydrogens (tertiary/aromatic N) is 2. The summed E-state index contributed by atoms with van der Waals surface area (Å²) in [6, 6.07) is 3.92. The molecule has 0 spiro atoms. The molecule has 1 fully saturated rings. The van der Waals surface area contributed by atoms with Crippen LogP contribution in [0.15, 0.2) is 18.3 Å². The number of rotatable bonds is 1. The number of anilines is 1. The molecule has 0 aromatic carbocycles. The quantitative estimate of drug-likeness (QED) is 0.717. The van der Waals surface area contributed by atoms with Crippen LogP contribution in [0, 0.1) is 12.3 Å². The van der Waals surface area contributed by atoms with Crippen LogP contribution in [0.2, 0.25) is 0 Å². The molecule has 15 heavy (non-hydrogen) atoms. The van der Waals surface area contributed by atoms with Crippen molar-refractivity contribution in [3.8, 4) is 12.3 Å². The van der Waals surface area contributed by atoms with E-state index in [4.69, 9.17) is 6.42 Å². The Morgan fingerprint density at radius 2 is 2.07 bits per heavy atom. The summed E-state index contributed by atoms with van der Waals surface area (Å²) in [6.07, 6.45) is 7.01. The van der Waals surface area contributed by atoms with E-state index in [1.807, 2.05) is 12.1 Å². The standard InChI is InChI=1S/C11H13N3.ClH/c1-2-10-3-4-11(13-9-10)14-7-5-12-6-8-14;/h1,3-4,9,12H,5-8H2;1H. The van der Waals surface area contributed by atoms with Gasteiger partial charge in [0.1, 0.15) is 5.82 Å². The minimum absolute atomic E-state index is 0. The zero-order valence-corrected chi connectivity index (χ0v) is 9.26. The summed E-state index contributed by atoms with van der Waals surface area (Å²) in [6.45, 7) is 4.09. The van der Waals surface area contributed by atoms with Crippen LogP contribution in [0.4, 0.5) is 5.82 Å². The highest BCUT2D eigenvalue weighted by molar-refractivity contribution is 5.85. The summed E-state index contributed by atoms with van der Waals surface area (Å²) < 4.78 is 0. The summed E-state index contributed by atoms with van der Waals surface area (Å²) in [5.74, 6) is 3.58. The third-order valence-electron chi connectivity index (χ3n) is 2.36. The molecule has 80 valence electrons. The van der Waals surface area contributed by atoms with Crippen molar-refractivity contribution in [1.29, 1.82) is 0 Å². The number of hydrogen-bond donors (Lipinski definition) is 1. The fraction of sp³-hybridized carbons (Fsp3) is 0.364. The second kappa shape index (κ2) is 5.59. The minimum Gasteiger partial charge on any atom is -0.354 e. The van der Waals surface area contributed by atoms with E-state index in [2.05, 4.69) is 21.1 Å². The predicted molar refractivity (Wildman–Crippen MR) is 64.5 cm³/mol. The van der Waals surface area contributed by atoms with Crippen molar-refractivity contribution in [2.75, 3.05) is 31.1 Å². The van der Waals surface area contributed by atoms with Crippen molar-refractivity contribution < 1.29 is 0 Å². The average molecular weight is 224 g/mol. The van der Waals surface area contributed by atoms with E-state index in [9.17, 15) is 0 Å². The zero-order valence-electron chi connectivity index (χ0n) is 8.44. The molecule has 2 rings (SSSR count).